The number of piperidine rings is 1. The number of ether oxygens (including phenoxy) is 2. The monoisotopic (exact) mass is 313 g/mol. The Morgan fingerprint density at radius 3 is 2.94 bits per heavy atom. The van der Waals surface area contributed by atoms with Gasteiger partial charge in [0.25, 0.3) is 0 Å². The van der Waals surface area contributed by atoms with Crippen LogP contribution in [-0.2, 0) is 0 Å². The average molecular weight is 314 g/mol. The predicted molar refractivity (Wildman–Crippen MR) is 76.4 cm³/mol. The zero-order valence-electron chi connectivity index (χ0n) is 10.7. The molecule has 1 aliphatic rings. The van der Waals surface area contributed by atoms with Crippen molar-refractivity contribution in [3.05, 3.63) is 22.7 Å². The molecule has 1 aromatic rings. The molecule has 0 amide bonds. The molecule has 0 saturated carbocycles. The summed E-state index contributed by atoms with van der Waals surface area (Å²) in [6.45, 7) is 1.90. The van der Waals surface area contributed by atoms with Crippen LogP contribution in [0.4, 0.5) is 0 Å². The Morgan fingerprint density at radius 2 is 2.28 bits per heavy atom. The lowest BCUT2D eigenvalue weighted by Crippen LogP contribution is -2.35. The van der Waals surface area contributed by atoms with E-state index in [9.17, 15) is 0 Å². The van der Waals surface area contributed by atoms with Crippen LogP contribution in [0.15, 0.2) is 22.7 Å². The second-order valence-electron chi connectivity index (χ2n) is 4.58. The number of methoxy groups -OCH3 is 1. The zero-order valence-corrected chi connectivity index (χ0v) is 12.3. The SMILES string of the molecule is COc1ccc(OCC[C@H]2CCCCN2)c(Br)c1. The van der Waals surface area contributed by atoms with Gasteiger partial charge in [-0.2, -0.15) is 0 Å². The van der Waals surface area contributed by atoms with Crippen LogP contribution in [0.3, 0.4) is 0 Å². The van der Waals surface area contributed by atoms with Crippen molar-refractivity contribution in [3.8, 4) is 11.5 Å². The number of halogens is 1. The minimum absolute atomic E-state index is 0.621. The molecule has 1 atom stereocenters. The van der Waals surface area contributed by atoms with Gasteiger partial charge in [0.1, 0.15) is 11.5 Å². The van der Waals surface area contributed by atoms with Gasteiger partial charge < -0.3 is 14.8 Å². The first-order valence-electron chi connectivity index (χ1n) is 6.49. The van der Waals surface area contributed by atoms with E-state index in [0.717, 1.165) is 35.5 Å². The summed E-state index contributed by atoms with van der Waals surface area (Å²) < 4.78 is 11.9. The maximum atomic E-state index is 5.80. The predicted octanol–water partition coefficient (Wildman–Crippen LogP) is 3.37. The van der Waals surface area contributed by atoms with Crippen LogP contribution >= 0.6 is 15.9 Å². The van der Waals surface area contributed by atoms with Crippen LogP contribution in [0.5, 0.6) is 11.5 Å². The quantitative estimate of drug-likeness (QED) is 0.904. The van der Waals surface area contributed by atoms with E-state index < -0.39 is 0 Å². The standard InChI is InChI=1S/C14H20BrNO2/c1-17-12-5-6-14(13(15)10-12)18-9-7-11-4-2-3-8-16-11/h5-6,10-11,16H,2-4,7-9H2,1H3/t11-/m1/s1. The van der Waals surface area contributed by atoms with Gasteiger partial charge in [-0.15, -0.1) is 0 Å². The summed E-state index contributed by atoms with van der Waals surface area (Å²) in [4.78, 5) is 0. The van der Waals surface area contributed by atoms with Gasteiger partial charge in [-0.3, -0.25) is 0 Å². The summed E-state index contributed by atoms with van der Waals surface area (Å²) in [5, 5.41) is 3.53. The van der Waals surface area contributed by atoms with E-state index >= 15 is 0 Å². The summed E-state index contributed by atoms with van der Waals surface area (Å²) >= 11 is 3.49. The van der Waals surface area contributed by atoms with E-state index in [0.29, 0.717) is 6.04 Å². The van der Waals surface area contributed by atoms with E-state index in [1.54, 1.807) is 7.11 Å². The fourth-order valence-electron chi connectivity index (χ4n) is 2.21. The van der Waals surface area contributed by atoms with E-state index in [-0.39, 0.29) is 0 Å². The van der Waals surface area contributed by atoms with Gasteiger partial charge in [-0.05, 0) is 59.9 Å². The van der Waals surface area contributed by atoms with E-state index in [4.69, 9.17) is 9.47 Å². The lowest BCUT2D eigenvalue weighted by atomic mass is 10.0. The molecule has 100 valence electrons. The van der Waals surface area contributed by atoms with Crippen LogP contribution in [0.1, 0.15) is 25.7 Å². The fraction of sp³-hybridized carbons (Fsp3) is 0.571. The normalized spacial score (nSPS) is 19.6. The first kappa shape index (κ1) is 13.7. The van der Waals surface area contributed by atoms with Crippen LogP contribution in [0.2, 0.25) is 0 Å². The van der Waals surface area contributed by atoms with Crippen molar-refractivity contribution in [1.29, 1.82) is 0 Å². The average Bonchev–Trinajstić information content (AvgIpc) is 2.42. The minimum atomic E-state index is 0.621. The molecule has 1 aliphatic heterocycles. The molecular formula is C14H20BrNO2. The van der Waals surface area contributed by atoms with Crippen LogP contribution in [0.25, 0.3) is 0 Å². The number of hydrogen-bond acceptors (Lipinski definition) is 3. The maximum Gasteiger partial charge on any atom is 0.133 e. The highest BCUT2D eigenvalue weighted by Gasteiger charge is 2.12. The van der Waals surface area contributed by atoms with Crippen molar-refractivity contribution >= 4 is 15.9 Å². The number of benzene rings is 1. The van der Waals surface area contributed by atoms with Gasteiger partial charge in [-0.25, -0.2) is 0 Å². The number of nitrogens with one attached hydrogen (secondary N) is 1. The fourth-order valence-corrected chi connectivity index (χ4v) is 2.68. The molecule has 4 heteroatoms. The Hall–Kier alpha value is -0.740. The molecule has 1 fully saturated rings. The lowest BCUT2D eigenvalue weighted by molar-refractivity contribution is 0.266. The van der Waals surface area contributed by atoms with Gasteiger partial charge in [0.15, 0.2) is 0 Å². The van der Waals surface area contributed by atoms with E-state index in [1.807, 2.05) is 18.2 Å². The molecule has 0 aliphatic carbocycles. The molecule has 1 saturated heterocycles. The van der Waals surface area contributed by atoms with Gasteiger partial charge in [-0.1, -0.05) is 6.42 Å². The largest absolute Gasteiger partial charge is 0.497 e. The molecular weight excluding hydrogens is 294 g/mol. The Labute approximate surface area is 117 Å². The van der Waals surface area contributed by atoms with Gasteiger partial charge in [0, 0.05) is 6.04 Å². The van der Waals surface area contributed by atoms with Crippen molar-refractivity contribution in [2.24, 2.45) is 0 Å². The first-order valence-corrected chi connectivity index (χ1v) is 7.28. The molecule has 18 heavy (non-hydrogen) atoms. The molecule has 2 rings (SSSR count). The van der Waals surface area contributed by atoms with Crippen molar-refractivity contribution in [2.45, 2.75) is 31.7 Å². The smallest absolute Gasteiger partial charge is 0.133 e. The van der Waals surface area contributed by atoms with Crippen molar-refractivity contribution in [2.75, 3.05) is 20.3 Å². The highest BCUT2D eigenvalue weighted by atomic mass is 79.9. The molecule has 1 aromatic carbocycles. The Balaban J connectivity index is 1.79. The third-order valence-corrected chi connectivity index (χ3v) is 3.90. The zero-order chi connectivity index (χ0) is 12.8. The summed E-state index contributed by atoms with van der Waals surface area (Å²) in [7, 11) is 1.66. The maximum absolute atomic E-state index is 5.80. The third kappa shape index (κ3) is 3.89. The molecule has 1 heterocycles. The van der Waals surface area contributed by atoms with E-state index in [1.165, 1.54) is 19.3 Å². The highest BCUT2D eigenvalue weighted by molar-refractivity contribution is 9.10. The van der Waals surface area contributed by atoms with E-state index in [2.05, 4.69) is 21.2 Å². The number of hydrogen-bond donors (Lipinski definition) is 1. The summed E-state index contributed by atoms with van der Waals surface area (Å²) in [5.41, 5.74) is 0. The van der Waals surface area contributed by atoms with Gasteiger partial charge in [0.05, 0.1) is 18.2 Å². The molecule has 1 N–H and O–H groups in total. The molecule has 3 nitrogen and oxygen atoms in total. The molecule has 0 spiro atoms. The van der Waals surface area contributed by atoms with Crippen molar-refractivity contribution in [1.82, 2.24) is 5.32 Å². The topological polar surface area (TPSA) is 30.5 Å². The molecule has 0 radical (unpaired) electrons. The third-order valence-electron chi connectivity index (χ3n) is 3.28. The molecule has 0 aromatic heterocycles. The second-order valence-corrected chi connectivity index (χ2v) is 5.43. The lowest BCUT2D eigenvalue weighted by Gasteiger charge is -2.23. The number of rotatable bonds is 5. The molecule has 0 unspecified atom stereocenters. The van der Waals surface area contributed by atoms with Crippen LogP contribution in [0, 0.1) is 0 Å². The van der Waals surface area contributed by atoms with Crippen molar-refractivity contribution in [3.63, 3.8) is 0 Å². The summed E-state index contributed by atoms with van der Waals surface area (Å²) in [6.07, 6.45) is 4.98. The Morgan fingerprint density at radius 1 is 1.39 bits per heavy atom. The second kappa shape index (κ2) is 7.00. The van der Waals surface area contributed by atoms with Crippen molar-refractivity contribution < 1.29 is 9.47 Å². The van der Waals surface area contributed by atoms with Crippen LogP contribution < -0.4 is 14.8 Å². The Bertz CT molecular complexity index is 378. The Kier molecular flexibility index (Phi) is 5.32. The first-order chi connectivity index (χ1) is 8.79. The highest BCUT2D eigenvalue weighted by Crippen LogP contribution is 2.29. The summed E-state index contributed by atoms with van der Waals surface area (Å²) in [5.74, 6) is 1.72. The minimum Gasteiger partial charge on any atom is -0.497 e. The molecule has 0 bridgehead atoms. The van der Waals surface area contributed by atoms with Gasteiger partial charge in [0.2, 0.25) is 0 Å². The summed E-state index contributed by atoms with van der Waals surface area (Å²) in [6, 6.07) is 6.40. The van der Waals surface area contributed by atoms with Gasteiger partial charge >= 0.3 is 0 Å². The van der Waals surface area contributed by atoms with Crippen LogP contribution in [-0.4, -0.2) is 26.3 Å².